The number of likely N-dealkylation sites (tertiary alicyclic amines) is 1. The monoisotopic (exact) mass is 412 g/mol. The summed E-state index contributed by atoms with van der Waals surface area (Å²) >= 11 is 0. The molecule has 9 heteroatoms. The van der Waals surface area contributed by atoms with Crippen LogP contribution in [0.1, 0.15) is 39.1 Å². The van der Waals surface area contributed by atoms with Crippen molar-refractivity contribution in [2.45, 2.75) is 25.1 Å². The molecule has 3 rings (SSSR count). The second-order valence-electron chi connectivity index (χ2n) is 6.76. The van der Waals surface area contributed by atoms with Crippen LogP contribution in [-0.2, 0) is 6.18 Å². The molecule has 0 aliphatic carbocycles. The molecule has 1 unspecified atom stereocenters. The molecule has 2 aromatic carbocycles. The Morgan fingerprint density at radius 2 is 1.72 bits per heavy atom. The van der Waals surface area contributed by atoms with Gasteiger partial charge in [0.15, 0.2) is 0 Å². The number of rotatable bonds is 3. The lowest BCUT2D eigenvalue weighted by Gasteiger charge is -2.33. The van der Waals surface area contributed by atoms with Gasteiger partial charge in [-0.3, -0.25) is 9.59 Å². The third-order valence-corrected chi connectivity index (χ3v) is 4.68. The van der Waals surface area contributed by atoms with Gasteiger partial charge in [0.2, 0.25) is 0 Å². The summed E-state index contributed by atoms with van der Waals surface area (Å²) < 4.78 is 64.8. The van der Waals surface area contributed by atoms with Crippen LogP contribution in [0.15, 0.2) is 42.5 Å². The number of nitrogens with one attached hydrogen (secondary N) is 1. The maximum Gasteiger partial charge on any atom is 0.416 e. The number of hydrogen-bond acceptors (Lipinski definition) is 2. The summed E-state index contributed by atoms with van der Waals surface area (Å²) in [6.45, 7) is 0.463. The van der Waals surface area contributed by atoms with Gasteiger partial charge in [0.05, 0.1) is 11.1 Å². The predicted octanol–water partition coefficient (Wildman–Crippen LogP) is 4.02. The molecule has 1 saturated heterocycles. The number of amides is 2. The number of halogens is 5. The smallest absolute Gasteiger partial charge is 0.348 e. The number of benzene rings is 2. The van der Waals surface area contributed by atoms with Crippen molar-refractivity contribution in [1.29, 1.82) is 0 Å². The van der Waals surface area contributed by atoms with Crippen LogP contribution in [0.2, 0.25) is 0 Å². The first-order chi connectivity index (χ1) is 13.6. The number of hydrogen-bond donors (Lipinski definition) is 1. The zero-order valence-electron chi connectivity index (χ0n) is 15.1. The lowest BCUT2D eigenvalue weighted by molar-refractivity contribution is -0.137. The van der Waals surface area contributed by atoms with E-state index in [0.717, 1.165) is 36.4 Å². The van der Waals surface area contributed by atoms with Gasteiger partial charge in [0.25, 0.3) is 11.8 Å². The minimum atomic E-state index is -4.49. The van der Waals surface area contributed by atoms with Crippen LogP contribution in [0.25, 0.3) is 0 Å². The minimum absolute atomic E-state index is 0.0611. The SMILES string of the molecule is O=C(NC1CCCN(C(=O)c2ccc(F)cc2F)C1)c1ccc(C(F)(F)F)cc1. The Bertz CT molecular complexity index is 912. The topological polar surface area (TPSA) is 49.4 Å². The standard InChI is InChI=1S/C20H17F5N2O2/c21-14-7-8-16(17(22)10-14)19(29)27-9-1-2-15(11-27)26-18(28)12-3-5-13(6-4-12)20(23,24)25/h3-8,10,15H,1-2,9,11H2,(H,26,28). The highest BCUT2D eigenvalue weighted by atomic mass is 19.4. The van der Waals surface area contributed by atoms with Gasteiger partial charge in [0, 0.05) is 30.8 Å². The van der Waals surface area contributed by atoms with Crippen molar-refractivity contribution < 1.29 is 31.5 Å². The summed E-state index contributed by atoms with van der Waals surface area (Å²) in [5.74, 6) is -2.94. The van der Waals surface area contributed by atoms with Gasteiger partial charge in [-0.2, -0.15) is 13.2 Å². The maximum absolute atomic E-state index is 13.9. The minimum Gasteiger partial charge on any atom is -0.348 e. The third kappa shape index (κ3) is 4.90. The zero-order valence-corrected chi connectivity index (χ0v) is 15.1. The Morgan fingerprint density at radius 3 is 2.34 bits per heavy atom. The quantitative estimate of drug-likeness (QED) is 0.775. The molecular formula is C20H17F5N2O2. The second-order valence-corrected chi connectivity index (χ2v) is 6.76. The van der Waals surface area contributed by atoms with Crippen molar-refractivity contribution in [2.24, 2.45) is 0 Å². The van der Waals surface area contributed by atoms with Crippen LogP contribution in [-0.4, -0.2) is 35.8 Å². The fraction of sp³-hybridized carbons (Fsp3) is 0.300. The first kappa shape index (κ1) is 20.8. The average Bonchev–Trinajstić information content (AvgIpc) is 2.67. The average molecular weight is 412 g/mol. The van der Waals surface area contributed by atoms with E-state index in [1.165, 1.54) is 4.90 Å². The highest BCUT2D eigenvalue weighted by Crippen LogP contribution is 2.29. The Kier molecular flexibility index (Phi) is 5.86. The van der Waals surface area contributed by atoms with Crippen LogP contribution in [0.4, 0.5) is 22.0 Å². The van der Waals surface area contributed by atoms with Gasteiger partial charge in [0.1, 0.15) is 11.6 Å². The summed E-state index contributed by atoms with van der Waals surface area (Å²) in [4.78, 5) is 26.2. The van der Waals surface area contributed by atoms with Crippen molar-refractivity contribution in [3.63, 3.8) is 0 Å². The number of carbonyl (C=O) groups excluding carboxylic acids is 2. The molecule has 1 heterocycles. The van der Waals surface area contributed by atoms with E-state index >= 15 is 0 Å². The van der Waals surface area contributed by atoms with Crippen LogP contribution in [0, 0.1) is 11.6 Å². The van der Waals surface area contributed by atoms with Gasteiger partial charge in [-0.15, -0.1) is 0 Å². The summed E-state index contributed by atoms with van der Waals surface area (Å²) in [7, 11) is 0. The van der Waals surface area contributed by atoms with E-state index in [2.05, 4.69) is 5.32 Å². The summed E-state index contributed by atoms with van der Waals surface area (Å²) in [5, 5.41) is 2.69. The van der Waals surface area contributed by atoms with Crippen molar-refractivity contribution in [1.82, 2.24) is 10.2 Å². The lowest BCUT2D eigenvalue weighted by Crippen LogP contribution is -2.49. The van der Waals surface area contributed by atoms with Crippen molar-refractivity contribution in [3.05, 3.63) is 70.8 Å². The Balaban J connectivity index is 1.65. The van der Waals surface area contributed by atoms with Crippen molar-refractivity contribution >= 4 is 11.8 Å². The van der Waals surface area contributed by atoms with E-state index < -0.39 is 41.2 Å². The van der Waals surface area contributed by atoms with E-state index in [-0.39, 0.29) is 17.7 Å². The van der Waals surface area contributed by atoms with Crippen LogP contribution in [0.5, 0.6) is 0 Å². The van der Waals surface area contributed by atoms with E-state index in [0.29, 0.717) is 25.5 Å². The molecule has 0 aromatic heterocycles. The Labute approximate surface area is 163 Å². The van der Waals surface area contributed by atoms with Crippen molar-refractivity contribution in [2.75, 3.05) is 13.1 Å². The Hall–Kier alpha value is -2.97. The predicted molar refractivity (Wildman–Crippen MR) is 94.2 cm³/mol. The van der Waals surface area contributed by atoms with Gasteiger partial charge < -0.3 is 10.2 Å². The highest BCUT2D eigenvalue weighted by molar-refractivity contribution is 5.95. The van der Waals surface area contributed by atoms with Crippen molar-refractivity contribution in [3.8, 4) is 0 Å². The molecule has 0 saturated carbocycles. The molecule has 0 radical (unpaired) electrons. The van der Waals surface area contributed by atoms with Gasteiger partial charge >= 0.3 is 6.18 Å². The van der Waals surface area contributed by atoms with E-state index in [1.807, 2.05) is 0 Å². The molecule has 29 heavy (non-hydrogen) atoms. The van der Waals surface area contributed by atoms with Crippen LogP contribution in [0.3, 0.4) is 0 Å². The molecule has 1 N–H and O–H groups in total. The molecule has 0 spiro atoms. The summed E-state index contributed by atoms with van der Waals surface area (Å²) in [6.07, 6.45) is -3.39. The third-order valence-electron chi connectivity index (χ3n) is 4.68. The van der Waals surface area contributed by atoms with Gasteiger partial charge in [-0.05, 0) is 49.2 Å². The first-order valence-electron chi connectivity index (χ1n) is 8.87. The number of alkyl halides is 3. The second kappa shape index (κ2) is 8.18. The zero-order chi connectivity index (χ0) is 21.2. The molecule has 4 nitrogen and oxygen atoms in total. The molecular weight excluding hydrogens is 395 g/mol. The van der Waals surface area contributed by atoms with E-state index in [4.69, 9.17) is 0 Å². The summed E-state index contributed by atoms with van der Waals surface area (Å²) in [6, 6.07) is 6.05. The molecule has 1 aliphatic heterocycles. The molecule has 2 aromatic rings. The van der Waals surface area contributed by atoms with Crippen LogP contribution >= 0.6 is 0 Å². The Morgan fingerprint density at radius 1 is 1.03 bits per heavy atom. The fourth-order valence-electron chi connectivity index (χ4n) is 3.19. The molecule has 2 amide bonds. The van der Waals surface area contributed by atoms with Gasteiger partial charge in [-0.1, -0.05) is 0 Å². The summed E-state index contributed by atoms with van der Waals surface area (Å²) in [5.41, 5.74) is -1.06. The van der Waals surface area contributed by atoms with E-state index in [1.54, 1.807) is 0 Å². The fourth-order valence-corrected chi connectivity index (χ4v) is 3.19. The molecule has 1 aliphatic rings. The largest absolute Gasteiger partial charge is 0.416 e. The highest BCUT2D eigenvalue weighted by Gasteiger charge is 2.31. The number of nitrogens with zero attached hydrogens (tertiary/aromatic N) is 1. The number of piperidine rings is 1. The van der Waals surface area contributed by atoms with Gasteiger partial charge in [-0.25, -0.2) is 8.78 Å². The van der Waals surface area contributed by atoms with E-state index in [9.17, 15) is 31.5 Å². The normalized spacial score (nSPS) is 17.1. The molecule has 1 fully saturated rings. The molecule has 154 valence electrons. The molecule has 0 bridgehead atoms. The van der Waals surface area contributed by atoms with Crippen LogP contribution < -0.4 is 5.32 Å². The lowest BCUT2D eigenvalue weighted by atomic mass is 10.0. The first-order valence-corrected chi connectivity index (χ1v) is 8.87. The number of carbonyl (C=O) groups is 2. The molecule has 1 atom stereocenters. The maximum atomic E-state index is 13.9.